The highest BCUT2D eigenvalue weighted by Gasteiger charge is 2.09. The summed E-state index contributed by atoms with van der Waals surface area (Å²) < 4.78 is 11.0. The standard InChI is InChI=1S/C17H23NO2/c1-3-10-18-17(4-2)14-7-5-8-15(12-14)20-13-16-9-6-11-19-16/h5-9,11-12,17-18H,3-4,10,13H2,1-2H3. The Bertz CT molecular complexity index is 493. The predicted molar refractivity (Wildman–Crippen MR) is 80.8 cm³/mol. The summed E-state index contributed by atoms with van der Waals surface area (Å²) in [6.45, 7) is 5.89. The molecule has 1 heterocycles. The van der Waals surface area contributed by atoms with Crippen molar-refractivity contribution in [3.8, 4) is 5.75 Å². The maximum Gasteiger partial charge on any atom is 0.146 e. The molecule has 1 N–H and O–H groups in total. The van der Waals surface area contributed by atoms with Crippen molar-refractivity contribution in [2.75, 3.05) is 6.54 Å². The predicted octanol–water partition coefficient (Wildman–Crippen LogP) is 4.31. The monoisotopic (exact) mass is 273 g/mol. The van der Waals surface area contributed by atoms with E-state index in [9.17, 15) is 0 Å². The van der Waals surface area contributed by atoms with E-state index in [2.05, 4.69) is 31.3 Å². The first-order valence-electron chi connectivity index (χ1n) is 7.32. The maximum absolute atomic E-state index is 5.77. The Morgan fingerprint density at radius 1 is 1.20 bits per heavy atom. The van der Waals surface area contributed by atoms with Crippen LogP contribution in [0.1, 0.15) is 44.1 Å². The average molecular weight is 273 g/mol. The summed E-state index contributed by atoms with van der Waals surface area (Å²) in [6.07, 6.45) is 3.88. The van der Waals surface area contributed by atoms with Crippen molar-refractivity contribution in [1.29, 1.82) is 0 Å². The van der Waals surface area contributed by atoms with Gasteiger partial charge in [-0.1, -0.05) is 26.0 Å². The van der Waals surface area contributed by atoms with Gasteiger partial charge in [-0.2, -0.15) is 0 Å². The van der Waals surface area contributed by atoms with Crippen LogP contribution < -0.4 is 10.1 Å². The Morgan fingerprint density at radius 3 is 2.80 bits per heavy atom. The van der Waals surface area contributed by atoms with E-state index in [1.165, 1.54) is 5.56 Å². The molecule has 0 amide bonds. The topological polar surface area (TPSA) is 34.4 Å². The minimum Gasteiger partial charge on any atom is -0.486 e. The van der Waals surface area contributed by atoms with Crippen LogP contribution in [0.15, 0.2) is 47.1 Å². The lowest BCUT2D eigenvalue weighted by atomic mass is 10.0. The third-order valence-corrected chi connectivity index (χ3v) is 3.27. The van der Waals surface area contributed by atoms with Gasteiger partial charge in [0.2, 0.25) is 0 Å². The highest BCUT2D eigenvalue weighted by Crippen LogP contribution is 2.22. The quantitative estimate of drug-likeness (QED) is 0.778. The van der Waals surface area contributed by atoms with E-state index < -0.39 is 0 Å². The molecule has 20 heavy (non-hydrogen) atoms. The molecule has 0 aliphatic rings. The summed E-state index contributed by atoms with van der Waals surface area (Å²) in [5, 5.41) is 3.56. The molecule has 0 aliphatic heterocycles. The molecular formula is C17H23NO2. The molecule has 0 aliphatic carbocycles. The minimum absolute atomic E-state index is 0.391. The van der Waals surface area contributed by atoms with Gasteiger partial charge in [0, 0.05) is 6.04 Å². The number of ether oxygens (including phenoxy) is 1. The Morgan fingerprint density at radius 2 is 2.10 bits per heavy atom. The van der Waals surface area contributed by atoms with E-state index in [1.54, 1.807) is 6.26 Å². The van der Waals surface area contributed by atoms with Crippen molar-refractivity contribution in [3.63, 3.8) is 0 Å². The lowest BCUT2D eigenvalue weighted by Crippen LogP contribution is -2.21. The number of nitrogens with one attached hydrogen (secondary N) is 1. The number of rotatable bonds is 8. The molecule has 2 aromatic rings. The van der Waals surface area contributed by atoms with E-state index in [4.69, 9.17) is 9.15 Å². The molecule has 1 aromatic carbocycles. The molecule has 0 saturated carbocycles. The first-order valence-corrected chi connectivity index (χ1v) is 7.32. The van der Waals surface area contributed by atoms with E-state index in [1.807, 2.05) is 24.3 Å². The summed E-state index contributed by atoms with van der Waals surface area (Å²) in [7, 11) is 0. The molecule has 2 rings (SSSR count). The van der Waals surface area contributed by atoms with Crippen LogP contribution in [-0.4, -0.2) is 6.54 Å². The van der Waals surface area contributed by atoms with Gasteiger partial charge in [0.25, 0.3) is 0 Å². The van der Waals surface area contributed by atoms with Crippen molar-refractivity contribution in [2.45, 2.75) is 39.3 Å². The van der Waals surface area contributed by atoms with Crippen LogP contribution in [0.2, 0.25) is 0 Å². The number of hydrogen-bond donors (Lipinski definition) is 1. The maximum atomic E-state index is 5.77. The second-order valence-corrected chi connectivity index (χ2v) is 4.86. The first kappa shape index (κ1) is 14.7. The van der Waals surface area contributed by atoms with Gasteiger partial charge in [-0.05, 0) is 49.2 Å². The molecule has 1 aromatic heterocycles. The highest BCUT2D eigenvalue weighted by molar-refractivity contribution is 5.30. The fourth-order valence-electron chi connectivity index (χ4n) is 2.19. The van der Waals surface area contributed by atoms with Gasteiger partial charge < -0.3 is 14.5 Å². The molecule has 108 valence electrons. The zero-order chi connectivity index (χ0) is 14.2. The van der Waals surface area contributed by atoms with Gasteiger partial charge in [-0.3, -0.25) is 0 Å². The molecule has 1 atom stereocenters. The zero-order valence-corrected chi connectivity index (χ0v) is 12.3. The van der Waals surface area contributed by atoms with Crippen molar-refractivity contribution in [1.82, 2.24) is 5.32 Å². The summed E-state index contributed by atoms with van der Waals surface area (Å²) in [4.78, 5) is 0. The Balaban J connectivity index is 1.98. The van der Waals surface area contributed by atoms with Crippen molar-refractivity contribution < 1.29 is 9.15 Å². The number of benzene rings is 1. The molecule has 0 fully saturated rings. The van der Waals surface area contributed by atoms with Crippen LogP contribution in [0.25, 0.3) is 0 Å². The Hall–Kier alpha value is -1.74. The molecule has 1 unspecified atom stereocenters. The summed E-state index contributed by atoms with van der Waals surface area (Å²) >= 11 is 0. The fourth-order valence-corrected chi connectivity index (χ4v) is 2.19. The molecule has 3 heteroatoms. The molecule has 3 nitrogen and oxygen atoms in total. The van der Waals surface area contributed by atoms with Crippen molar-refractivity contribution in [2.24, 2.45) is 0 Å². The Labute approximate surface area is 121 Å². The summed E-state index contributed by atoms with van der Waals surface area (Å²) in [5.74, 6) is 1.72. The summed E-state index contributed by atoms with van der Waals surface area (Å²) in [6, 6.07) is 12.5. The third kappa shape index (κ3) is 4.14. The highest BCUT2D eigenvalue weighted by atomic mass is 16.5. The molecular weight excluding hydrogens is 250 g/mol. The van der Waals surface area contributed by atoms with Crippen LogP contribution in [0.3, 0.4) is 0 Å². The van der Waals surface area contributed by atoms with Crippen LogP contribution in [0, 0.1) is 0 Å². The molecule has 0 radical (unpaired) electrons. The largest absolute Gasteiger partial charge is 0.486 e. The normalized spacial score (nSPS) is 12.3. The SMILES string of the molecule is CCCNC(CC)c1cccc(OCc2ccco2)c1. The van der Waals surface area contributed by atoms with Gasteiger partial charge >= 0.3 is 0 Å². The van der Waals surface area contributed by atoms with Crippen molar-refractivity contribution >= 4 is 0 Å². The van der Waals surface area contributed by atoms with Gasteiger partial charge in [0.05, 0.1) is 6.26 Å². The van der Waals surface area contributed by atoms with Gasteiger partial charge in [-0.25, -0.2) is 0 Å². The van der Waals surface area contributed by atoms with Crippen LogP contribution in [-0.2, 0) is 6.61 Å². The Kier molecular flexibility index (Phi) is 5.69. The van der Waals surface area contributed by atoms with E-state index in [-0.39, 0.29) is 0 Å². The summed E-state index contributed by atoms with van der Waals surface area (Å²) in [5.41, 5.74) is 1.28. The van der Waals surface area contributed by atoms with E-state index in [0.29, 0.717) is 12.6 Å². The van der Waals surface area contributed by atoms with Gasteiger partial charge in [0.15, 0.2) is 0 Å². The zero-order valence-electron chi connectivity index (χ0n) is 12.3. The minimum atomic E-state index is 0.391. The first-order chi connectivity index (χ1) is 9.83. The number of furan rings is 1. The lowest BCUT2D eigenvalue weighted by molar-refractivity contribution is 0.270. The fraction of sp³-hybridized carbons (Fsp3) is 0.412. The third-order valence-electron chi connectivity index (χ3n) is 3.27. The smallest absolute Gasteiger partial charge is 0.146 e. The second kappa shape index (κ2) is 7.75. The molecule has 0 saturated heterocycles. The van der Waals surface area contributed by atoms with E-state index >= 15 is 0 Å². The van der Waals surface area contributed by atoms with Crippen LogP contribution >= 0.6 is 0 Å². The van der Waals surface area contributed by atoms with Gasteiger partial charge in [0.1, 0.15) is 18.1 Å². The van der Waals surface area contributed by atoms with Crippen LogP contribution in [0.5, 0.6) is 5.75 Å². The van der Waals surface area contributed by atoms with Crippen molar-refractivity contribution in [3.05, 3.63) is 54.0 Å². The average Bonchev–Trinajstić information content (AvgIpc) is 3.00. The number of hydrogen-bond acceptors (Lipinski definition) is 3. The van der Waals surface area contributed by atoms with Gasteiger partial charge in [-0.15, -0.1) is 0 Å². The lowest BCUT2D eigenvalue weighted by Gasteiger charge is -2.17. The molecule has 0 bridgehead atoms. The van der Waals surface area contributed by atoms with E-state index in [0.717, 1.165) is 30.9 Å². The van der Waals surface area contributed by atoms with Crippen LogP contribution in [0.4, 0.5) is 0 Å². The molecule has 0 spiro atoms. The second-order valence-electron chi connectivity index (χ2n) is 4.86.